The van der Waals surface area contributed by atoms with Crippen molar-refractivity contribution in [3.05, 3.63) is 34.9 Å². The summed E-state index contributed by atoms with van der Waals surface area (Å²) in [5.74, 6) is -0.285. The highest BCUT2D eigenvalue weighted by molar-refractivity contribution is 6.31. The number of benzene rings is 1. The Morgan fingerprint density at radius 3 is 2.86 bits per heavy atom. The molecule has 14 heavy (non-hydrogen) atoms. The van der Waals surface area contributed by atoms with Crippen LogP contribution in [-0.4, -0.2) is 19.6 Å². The van der Waals surface area contributed by atoms with E-state index in [0.717, 1.165) is 5.56 Å². The molecule has 1 aromatic rings. The van der Waals surface area contributed by atoms with Crippen LogP contribution < -0.4 is 5.32 Å². The van der Waals surface area contributed by atoms with Gasteiger partial charge in [-0.25, -0.2) is 0 Å². The summed E-state index contributed by atoms with van der Waals surface area (Å²) in [4.78, 5) is 11.0. The van der Waals surface area contributed by atoms with E-state index in [1.807, 2.05) is 18.2 Å². The van der Waals surface area contributed by atoms with Crippen molar-refractivity contribution in [2.75, 3.05) is 13.6 Å². The predicted octanol–water partition coefficient (Wildman–Crippen LogP) is 1.60. The minimum Gasteiger partial charge on any atom is -0.460 e. The fourth-order valence-corrected chi connectivity index (χ4v) is 1.16. The quantitative estimate of drug-likeness (QED) is 0.773. The van der Waals surface area contributed by atoms with Crippen molar-refractivity contribution in [3.8, 4) is 0 Å². The Bertz CT molecular complexity index is 315. The zero-order valence-electron chi connectivity index (χ0n) is 7.92. The lowest BCUT2D eigenvalue weighted by atomic mass is 10.2. The van der Waals surface area contributed by atoms with Crippen molar-refractivity contribution in [2.24, 2.45) is 0 Å². The van der Waals surface area contributed by atoms with E-state index in [0.29, 0.717) is 5.02 Å². The smallest absolute Gasteiger partial charge is 0.320 e. The molecule has 0 fully saturated rings. The zero-order valence-corrected chi connectivity index (χ0v) is 8.67. The normalized spacial score (nSPS) is 9.86. The molecule has 0 saturated heterocycles. The lowest BCUT2D eigenvalue weighted by Gasteiger charge is -2.05. The highest BCUT2D eigenvalue weighted by Gasteiger charge is 2.03. The molecular formula is C10H12ClNO2. The summed E-state index contributed by atoms with van der Waals surface area (Å²) in [6.07, 6.45) is 0. The van der Waals surface area contributed by atoms with Crippen LogP contribution in [0.1, 0.15) is 5.56 Å². The molecule has 0 saturated carbocycles. The van der Waals surface area contributed by atoms with E-state index in [1.54, 1.807) is 13.1 Å². The van der Waals surface area contributed by atoms with E-state index >= 15 is 0 Å². The van der Waals surface area contributed by atoms with Gasteiger partial charge < -0.3 is 10.1 Å². The van der Waals surface area contributed by atoms with Gasteiger partial charge in [0.05, 0.1) is 6.54 Å². The zero-order chi connectivity index (χ0) is 10.4. The van der Waals surface area contributed by atoms with Crippen molar-refractivity contribution in [3.63, 3.8) is 0 Å². The molecule has 1 aromatic carbocycles. The number of esters is 1. The summed E-state index contributed by atoms with van der Waals surface area (Å²) in [6, 6.07) is 7.28. The van der Waals surface area contributed by atoms with E-state index in [9.17, 15) is 4.79 Å². The summed E-state index contributed by atoms with van der Waals surface area (Å²) in [6.45, 7) is 0.435. The maximum absolute atomic E-state index is 11.0. The Hall–Kier alpha value is -1.06. The maximum atomic E-state index is 11.0. The molecule has 0 bridgehead atoms. The molecule has 3 nitrogen and oxygen atoms in total. The van der Waals surface area contributed by atoms with Crippen LogP contribution in [0.4, 0.5) is 0 Å². The maximum Gasteiger partial charge on any atom is 0.320 e. The van der Waals surface area contributed by atoms with E-state index in [4.69, 9.17) is 16.3 Å². The number of ether oxygens (including phenoxy) is 1. The third kappa shape index (κ3) is 3.36. The average molecular weight is 214 g/mol. The Kier molecular flexibility index (Phi) is 4.43. The van der Waals surface area contributed by atoms with Crippen molar-refractivity contribution >= 4 is 17.6 Å². The first-order chi connectivity index (χ1) is 6.74. The number of nitrogens with one attached hydrogen (secondary N) is 1. The first-order valence-corrected chi connectivity index (χ1v) is 4.65. The molecule has 1 rings (SSSR count). The van der Waals surface area contributed by atoms with E-state index in [1.165, 1.54) is 0 Å². The fraction of sp³-hybridized carbons (Fsp3) is 0.300. The Labute approximate surface area is 88.0 Å². The first kappa shape index (κ1) is 11.0. The molecular weight excluding hydrogens is 202 g/mol. The van der Waals surface area contributed by atoms with Crippen molar-refractivity contribution < 1.29 is 9.53 Å². The average Bonchev–Trinajstić information content (AvgIpc) is 2.17. The van der Waals surface area contributed by atoms with Gasteiger partial charge in [0.15, 0.2) is 0 Å². The van der Waals surface area contributed by atoms with Gasteiger partial charge in [-0.2, -0.15) is 0 Å². The van der Waals surface area contributed by atoms with Gasteiger partial charge in [-0.1, -0.05) is 29.8 Å². The number of carbonyl (C=O) groups excluding carboxylic acids is 1. The summed E-state index contributed by atoms with van der Waals surface area (Å²) >= 11 is 5.88. The third-order valence-corrected chi connectivity index (χ3v) is 2.04. The van der Waals surface area contributed by atoms with E-state index in [2.05, 4.69) is 5.32 Å². The predicted molar refractivity (Wildman–Crippen MR) is 55.2 cm³/mol. The van der Waals surface area contributed by atoms with Crippen molar-refractivity contribution in [1.29, 1.82) is 0 Å². The third-order valence-electron chi connectivity index (χ3n) is 1.67. The van der Waals surface area contributed by atoms with Gasteiger partial charge in [0.25, 0.3) is 0 Å². The Morgan fingerprint density at radius 2 is 2.21 bits per heavy atom. The molecule has 4 heteroatoms. The van der Waals surface area contributed by atoms with E-state index in [-0.39, 0.29) is 19.1 Å². The highest BCUT2D eigenvalue weighted by atomic mass is 35.5. The number of hydrogen-bond acceptors (Lipinski definition) is 3. The second-order valence-electron chi connectivity index (χ2n) is 2.78. The second kappa shape index (κ2) is 5.62. The first-order valence-electron chi connectivity index (χ1n) is 4.27. The second-order valence-corrected chi connectivity index (χ2v) is 3.19. The van der Waals surface area contributed by atoms with Crippen LogP contribution >= 0.6 is 11.6 Å². The number of rotatable bonds is 4. The van der Waals surface area contributed by atoms with Gasteiger partial charge in [-0.15, -0.1) is 0 Å². The topological polar surface area (TPSA) is 38.3 Å². The molecule has 0 aliphatic carbocycles. The summed E-state index contributed by atoms with van der Waals surface area (Å²) in [5, 5.41) is 3.33. The van der Waals surface area contributed by atoms with Gasteiger partial charge in [0, 0.05) is 10.6 Å². The number of likely N-dealkylation sites (N-methyl/N-ethyl adjacent to an activating group) is 1. The van der Waals surface area contributed by atoms with Crippen LogP contribution in [-0.2, 0) is 16.1 Å². The molecule has 0 unspecified atom stereocenters. The summed E-state index contributed by atoms with van der Waals surface area (Å²) in [7, 11) is 1.69. The monoisotopic (exact) mass is 213 g/mol. The molecule has 0 aliphatic rings. The molecule has 0 heterocycles. The van der Waals surface area contributed by atoms with Gasteiger partial charge in [-0.3, -0.25) is 4.79 Å². The molecule has 76 valence electrons. The molecule has 0 radical (unpaired) electrons. The molecule has 0 aromatic heterocycles. The minimum atomic E-state index is -0.285. The largest absolute Gasteiger partial charge is 0.460 e. The van der Waals surface area contributed by atoms with Crippen LogP contribution in [0.5, 0.6) is 0 Å². The van der Waals surface area contributed by atoms with Crippen LogP contribution in [0.3, 0.4) is 0 Å². The number of carbonyl (C=O) groups is 1. The fourth-order valence-electron chi connectivity index (χ4n) is 0.969. The van der Waals surface area contributed by atoms with Crippen molar-refractivity contribution in [1.82, 2.24) is 5.32 Å². The molecule has 0 atom stereocenters. The lowest BCUT2D eigenvalue weighted by Crippen LogP contribution is -2.20. The molecule has 0 amide bonds. The Balaban J connectivity index is 2.46. The van der Waals surface area contributed by atoms with E-state index < -0.39 is 0 Å². The van der Waals surface area contributed by atoms with Crippen LogP contribution in [0, 0.1) is 0 Å². The number of halogens is 1. The molecule has 0 spiro atoms. The van der Waals surface area contributed by atoms with Gasteiger partial charge in [0.2, 0.25) is 0 Å². The number of hydrogen-bond donors (Lipinski definition) is 1. The standard InChI is InChI=1S/C10H12ClNO2/c1-12-6-10(13)14-7-8-4-2-3-5-9(8)11/h2-5,12H,6-7H2,1H3. The minimum absolute atomic E-state index is 0.213. The SMILES string of the molecule is CNCC(=O)OCc1ccccc1Cl. The highest BCUT2D eigenvalue weighted by Crippen LogP contribution is 2.15. The van der Waals surface area contributed by atoms with Gasteiger partial charge in [-0.05, 0) is 13.1 Å². The summed E-state index contributed by atoms with van der Waals surface area (Å²) < 4.78 is 4.96. The van der Waals surface area contributed by atoms with Crippen LogP contribution in [0.15, 0.2) is 24.3 Å². The Morgan fingerprint density at radius 1 is 1.50 bits per heavy atom. The summed E-state index contributed by atoms with van der Waals surface area (Å²) in [5.41, 5.74) is 0.818. The van der Waals surface area contributed by atoms with Gasteiger partial charge in [0.1, 0.15) is 6.61 Å². The van der Waals surface area contributed by atoms with Crippen molar-refractivity contribution in [2.45, 2.75) is 6.61 Å². The van der Waals surface area contributed by atoms with Crippen LogP contribution in [0.25, 0.3) is 0 Å². The molecule has 0 aliphatic heterocycles. The lowest BCUT2D eigenvalue weighted by molar-refractivity contribution is -0.143. The molecule has 1 N–H and O–H groups in total. The van der Waals surface area contributed by atoms with Crippen LogP contribution in [0.2, 0.25) is 5.02 Å². The van der Waals surface area contributed by atoms with Gasteiger partial charge >= 0.3 is 5.97 Å².